The Bertz CT molecular complexity index is 1280. The van der Waals surface area contributed by atoms with E-state index in [0.29, 0.717) is 22.8 Å². The highest BCUT2D eigenvalue weighted by Gasteiger charge is 2.49. The van der Waals surface area contributed by atoms with Gasteiger partial charge in [-0.2, -0.15) is 0 Å². The lowest BCUT2D eigenvalue weighted by Gasteiger charge is -2.36. The predicted octanol–water partition coefficient (Wildman–Crippen LogP) is 3.53. The van der Waals surface area contributed by atoms with Crippen LogP contribution in [0.15, 0.2) is 79.5 Å². The molecule has 0 bridgehead atoms. The van der Waals surface area contributed by atoms with Gasteiger partial charge in [0.1, 0.15) is 17.8 Å². The molecule has 2 unspecified atom stereocenters. The largest absolute Gasteiger partial charge is 0.495 e. The van der Waals surface area contributed by atoms with Gasteiger partial charge >= 0.3 is 0 Å². The number of carbonyl (C=O) groups is 3. The van der Waals surface area contributed by atoms with E-state index in [9.17, 15) is 14.4 Å². The first-order valence-corrected chi connectivity index (χ1v) is 11.1. The molecule has 0 spiro atoms. The molecule has 1 amide bonds. The molecule has 3 N–H and O–H groups in total. The number of carbonyl (C=O) groups excluding carboxylic acids is 3. The monoisotopic (exact) mass is 470 g/mol. The molecule has 1 aliphatic rings. The van der Waals surface area contributed by atoms with Crippen LogP contribution in [0.2, 0.25) is 0 Å². The van der Waals surface area contributed by atoms with Gasteiger partial charge in [-0.15, -0.1) is 0 Å². The van der Waals surface area contributed by atoms with Crippen LogP contribution < -0.4 is 20.7 Å². The van der Waals surface area contributed by atoms with E-state index >= 15 is 0 Å². The smallest absolute Gasteiger partial charge is 0.247 e. The van der Waals surface area contributed by atoms with E-state index in [2.05, 4.69) is 27.5 Å². The quantitative estimate of drug-likeness (QED) is 0.324. The number of pyridine rings is 1. The van der Waals surface area contributed by atoms with Gasteiger partial charge in [-0.25, -0.2) is 0 Å². The van der Waals surface area contributed by atoms with Crippen molar-refractivity contribution >= 4 is 28.8 Å². The summed E-state index contributed by atoms with van der Waals surface area (Å²) in [6.45, 7) is 5.43. The summed E-state index contributed by atoms with van der Waals surface area (Å²) in [5.74, 6) is -0.754. The minimum Gasteiger partial charge on any atom is -0.495 e. The van der Waals surface area contributed by atoms with E-state index in [4.69, 9.17) is 4.74 Å². The van der Waals surface area contributed by atoms with Crippen LogP contribution in [0.3, 0.4) is 0 Å². The third-order valence-corrected chi connectivity index (χ3v) is 5.89. The van der Waals surface area contributed by atoms with Crippen LogP contribution in [0.5, 0.6) is 5.75 Å². The molecule has 35 heavy (non-hydrogen) atoms. The number of anilines is 2. The molecule has 8 nitrogen and oxygen atoms in total. The zero-order valence-corrected chi connectivity index (χ0v) is 19.4. The van der Waals surface area contributed by atoms with Crippen LogP contribution >= 0.6 is 0 Å². The number of Topliss-reactive ketones (excluding diaryl/α,β-unsaturated/α-hetero) is 2. The van der Waals surface area contributed by atoms with Crippen LogP contribution in [0.4, 0.5) is 11.4 Å². The van der Waals surface area contributed by atoms with Crippen molar-refractivity contribution in [3.8, 4) is 17.0 Å². The predicted molar refractivity (Wildman–Crippen MR) is 134 cm³/mol. The molecule has 3 atom stereocenters. The second-order valence-corrected chi connectivity index (χ2v) is 8.17. The minimum absolute atomic E-state index is 0.0981. The summed E-state index contributed by atoms with van der Waals surface area (Å²) in [7, 11) is 1.52. The van der Waals surface area contributed by atoms with Crippen LogP contribution in [0.25, 0.3) is 11.3 Å². The van der Waals surface area contributed by atoms with Crippen molar-refractivity contribution in [2.45, 2.75) is 25.0 Å². The van der Waals surface area contributed by atoms with Crippen LogP contribution in [0.1, 0.15) is 18.5 Å². The fourth-order valence-corrected chi connectivity index (χ4v) is 3.95. The zero-order chi connectivity index (χ0) is 24.9. The summed E-state index contributed by atoms with van der Waals surface area (Å²) in [4.78, 5) is 40.9. The molecular weight excluding hydrogens is 444 g/mol. The number of ether oxygens (including phenoxy) is 1. The standard InChI is InChI=1S/C27H26N4O4/c1-4-23(32)31-21-14-18(10-11-22(21)35-3)20-15-19(12-13-28-20)30-25-24(26(33)27(25)34)29-16(2)17-8-6-5-7-9-17/h4-16,24-25,29H,1H2,2-3H3,(H,28,30)(H,31,32)/t16-,24?,25?/m1/s1. The molecular formula is C27H26N4O4. The van der Waals surface area contributed by atoms with E-state index < -0.39 is 23.7 Å². The summed E-state index contributed by atoms with van der Waals surface area (Å²) < 4.78 is 5.32. The molecule has 4 rings (SSSR count). The van der Waals surface area contributed by atoms with Crippen molar-refractivity contribution in [1.82, 2.24) is 10.3 Å². The fourth-order valence-electron chi connectivity index (χ4n) is 3.95. The van der Waals surface area contributed by atoms with Gasteiger partial charge < -0.3 is 15.4 Å². The Morgan fingerprint density at radius 3 is 2.51 bits per heavy atom. The number of hydrogen-bond acceptors (Lipinski definition) is 7. The van der Waals surface area contributed by atoms with Gasteiger partial charge in [-0.3, -0.25) is 24.7 Å². The van der Waals surface area contributed by atoms with E-state index in [-0.39, 0.29) is 11.9 Å². The van der Waals surface area contributed by atoms with Crippen molar-refractivity contribution in [3.05, 3.63) is 85.1 Å². The number of aromatic nitrogens is 1. The van der Waals surface area contributed by atoms with Crippen molar-refractivity contribution in [1.29, 1.82) is 0 Å². The van der Waals surface area contributed by atoms with E-state index in [0.717, 1.165) is 11.1 Å². The van der Waals surface area contributed by atoms with E-state index in [1.54, 1.807) is 30.5 Å². The molecule has 3 aromatic rings. The molecule has 1 heterocycles. The molecule has 2 aromatic carbocycles. The van der Waals surface area contributed by atoms with Crippen molar-refractivity contribution in [2.24, 2.45) is 0 Å². The lowest BCUT2D eigenvalue weighted by atomic mass is 9.82. The lowest BCUT2D eigenvalue weighted by molar-refractivity contribution is -0.145. The summed E-state index contributed by atoms with van der Waals surface area (Å²) in [6, 6.07) is 17.2. The molecule has 178 valence electrons. The molecule has 1 fully saturated rings. The SMILES string of the molecule is C=CC(=O)Nc1cc(-c2cc(NC3C(=O)C(=O)C3N[C@H](C)c3ccccc3)ccn2)ccc1OC. The number of amides is 1. The summed E-state index contributed by atoms with van der Waals surface area (Å²) >= 11 is 0. The zero-order valence-electron chi connectivity index (χ0n) is 19.4. The Morgan fingerprint density at radius 1 is 1.06 bits per heavy atom. The second kappa shape index (κ2) is 10.3. The van der Waals surface area contributed by atoms with Crippen molar-refractivity contribution in [3.63, 3.8) is 0 Å². The van der Waals surface area contributed by atoms with E-state index in [1.165, 1.54) is 13.2 Å². The van der Waals surface area contributed by atoms with Crippen molar-refractivity contribution in [2.75, 3.05) is 17.7 Å². The third-order valence-electron chi connectivity index (χ3n) is 5.89. The van der Waals surface area contributed by atoms with Crippen LogP contribution in [-0.4, -0.2) is 41.7 Å². The van der Waals surface area contributed by atoms with Gasteiger partial charge in [0.2, 0.25) is 17.5 Å². The van der Waals surface area contributed by atoms with Crippen LogP contribution in [0, 0.1) is 0 Å². The number of nitrogens with zero attached hydrogens (tertiary/aromatic N) is 1. The summed E-state index contributed by atoms with van der Waals surface area (Å²) in [5, 5.41) is 9.15. The molecule has 1 aromatic heterocycles. The van der Waals surface area contributed by atoms with Gasteiger partial charge in [0.15, 0.2) is 0 Å². The molecule has 0 radical (unpaired) electrons. The van der Waals surface area contributed by atoms with Gasteiger partial charge in [0.05, 0.1) is 18.5 Å². The maximum absolute atomic E-state index is 12.4. The number of rotatable bonds is 9. The minimum atomic E-state index is -0.678. The molecule has 0 saturated heterocycles. The third kappa shape index (κ3) is 5.12. The molecule has 1 saturated carbocycles. The number of hydrogen-bond donors (Lipinski definition) is 3. The Kier molecular flexibility index (Phi) is 7.03. The van der Waals surface area contributed by atoms with Gasteiger partial charge in [0, 0.05) is 23.5 Å². The van der Waals surface area contributed by atoms with Gasteiger partial charge in [0.25, 0.3) is 0 Å². The highest BCUT2D eigenvalue weighted by Crippen LogP contribution is 2.31. The first-order chi connectivity index (χ1) is 16.9. The van der Waals surface area contributed by atoms with Crippen LogP contribution in [-0.2, 0) is 14.4 Å². The highest BCUT2D eigenvalue weighted by atomic mass is 16.5. The molecule has 0 aliphatic heterocycles. The average Bonchev–Trinajstić information content (AvgIpc) is 2.90. The average molecular weight is 471 g/mol. The van der Waals surface area contributed by atoms with Gasteiger partial charge in [-0.1, -0.05) is 36.9 Å². The fraction of sp³-hybridized carbons (Fsp3) is 0.185. The molecule has 8 heteroatoms. The molecule has 1 aliphatic carbocycles. The second-order valence-electron chi connectivity index (χ2n) is 8.17. The van der Waals surface area contributed by atoms with Crippen molar-refractivity contribution < 1.29 is 19.1 Å². The maximum Gasteiger partial charge on any atom is 0.247 e. The number of ketones is 2. The Labute approximate surface area is 203 Å². The normalized spacial score (nSPS) is 17.8. The number of benzene rings is 2. The number of methoxy groups -OCH3 is 1. The Morgan fingerprint density at radius 2 is 1.80 bits per heavy atom. The maximum atomic E-state index is 12.4. The van der Waals surface area contributed by atoms with Gasteiger partial charge in [-0.05, 0) is 48.9 Å². The Balaban J connectivity index is 1.52. The van der Waals surface area contributed by atoms with E-state index in [1.807, 2.05) is 43.3 Å². The summed E-state index contributed by atoms with van der Waals surface area (Å²) in [6.07, 6.45) is 2.79. The Hall–Kier alpha value is -4.30. The first-order valence-electron chi connectivity index (χ1n) is 11.1. The topological polar surface area (TPSA) is 109 Å². The first kappa shape index (κ1) is 23.8. The summed E-state index contributed by atoms with van der Waals surface area (Å²) in [5.41, 5.74) is 3.51. The lowest BCUT2D eigenvalue weighted by Crippen LogP contribution is -2.67. The highest BCUT2D eigenvalue weighted by molar-refractivity contribution is 6.49. The number of nitrogens with one attached hydrogen (secondary N) is 3.